The maximum atomic E-state index is 11.9. The third-order valence-corrected chi connectivity index (χ3v) is 11.4. The summed E-state index contributed by atoms with van der Waals surface area (Å²) in [5, 5.41) is 5.26. The van der Waals surface area contributed by atoms with Crippen LogP contribution in [0.4, 0.5) is 0 Å². The number of methoxy groups -OCH3 is 1. The zero-order valence-electron chi connectivity index (χ0n) is 37.4. The minimum absolute atomic E-state index is 0.0377. The van der Waals surface area contributed by atoms with Crippen molar-refractivity contribution in [3.8, 4) is 0 Å². The lowest BCUT2D eigenvalue weighted by atomic mass is 10.0. The van der Waals surface area contributed by atoms with Crippen molar-refractivity contribution in [2.45, 2.75) is 270 Å². The van der Waals surface area contributed by atoms with Crippen molar-refractivity contribution < 1.29 is 23.9 Å². The van der Waals surface area contributed by atoms with Gasteiger partial charge in [-0.1, -0.05) is 213 Å². The van der Waals surface area contributed by atoms with Crippen molar-refractivity contribution in [1.29, 1.82) is 0 Å². The predicted octanol–water partition coefficient (Wildman–Crippen LogP) is 12.5. The molecule has 2 unspecified atom stereocenters. The van der Waals surface area contributed by atoms with Crippen LogP contribution in [0.2, 0.25) is 0 Å². The molecule has 8 heteroatoms. The first-order valence-electron chi connectivity index (χ1n) is 24.3. The lowest BCUT2D eigenvalue weighted by molar-refractivity contribution is -0.143. The number of ketones is 1. The Kier molecular flexibility index (Phi) is 41.1. The molecule has 2 aliphatic rings. The van der Waals surface area contributed by atoms with Gasteiger partial charge in [-0.25, -0.2) is 4.79 Å². The summed E-state index contributed by atoms with van der Waals surface area (Å²) in [6.45, 7) is 5.44. The number of rotatable bonds is 36. The lowest BCUT2D eigenvalue weighted by Gasteiger charge is -2.08. The normalized spacial score (nSPS) is 16.1. The fourth-order valence-corrected chi connectivity index (χ4v) is 7.68. The molecule has 2 saturated heterocycles. The smallest absolute Gasteiger partial charge is 0.328 e. The highest BCUT2D eigenvalue weighted by atomic mass is 16.5. The summed E-state index contributed by atoms with van der Waals surface area (Å²) in [5.74, 6) is -0.154. The molecule has 8 nitrogen and oxygen atoms in total. The molecular formula is C48H93N3O5. The van der Waals surface area contributed by atoms with E-state index in [9.17, 15) is 19.2 Å². The van der Waals surface area contributed by atoms with E-state index in [1.165, 1.54) is 206 Å². The second-order valence-electron chi connectivity index (χ2n) is 16.8. The fraction of sp³-hybridized carbons (Fsp3) is 0.917. The van der Waals surface area contributed by atoms with Crippen molar-refractivity contribution in [2.24, 2.45) is 5.73 Å². The van der Waals surface area contributed by atoms with E-state index < -0.39 is 6.04 Å². The SMILES string of the molecule is CCCCCCCCCCCCCCCCCCCC(=O)C1CCC(=O)N1.CCCCCCCCCCCCCCCCCCN.COC(=O)C1CCC(=O)N1. The zero-order valence-corrected chi connectivity index (χ0v) is 37.4. The Morgan fingerprint density at radius 1 is 0.482 bits per heavy atom. The molecule has 2 heterocycles. The summed E-state index contributed by atoms with van der Waals surface area (Å²) in [7, 11) is 1.31. The quantitative estimate of drug-likeness (QED) is 0.0428. The van der Waals surface area contributed by atoms with Crippen molar-refractivity contribution in [3.05, 3.63) is 0 Å². The summed E-state index contributed by atoms with van der Waals surface area (Å²) in [6.07, 6.45) is 48.8. The van der Waals surface area contributed by atoms with E-state index in [1.807, 2.05) is 0 Å². The van der Waals surface area contributed by atoms with Crippen LogP contribution in [0.25, 0.3) is 0 Å². The molecular weight excluding hydrogens is 699 g/mol. The third-order valence-electron chi connectivity index (χ3n) is 11.4. The van der Waals surface area contributed by atoms with Gasteiger partial charge in [-0.15, -0.1) is 0 Å². The van der Waals surface area contributed by atoms with E-state index >= 15 is 0 Å². The molecule has 56 heavy (non-hydrogen) atoms. The number of esters is 1. The van der Waals surface area contributed by atoms with Crippen LogP contribution in [0.5, 0.6) is 0 Å². The second-order valence-corrected chi connectivity index (χ2v) is 16.8. The van der Waals surface area contributed by atoms with Gasteiger partial charge in [-0.05, 0) is 32.2 Å². The molecule has 2 rings (SSSR count). The molecule has 330 valence electrons. The van der Waals surface area contributed by atoms with Crippen molar-refractivity contribution in [1.82, 2.24) is 10.6 Å². The number of nitrogens with two attached hydrogens (primary N) is 1. The molecule has 0 aromatic heterocycles. The van der Waals surface area contributed by atoms with Gasteiger partial charge in [0.2, 0.25) is 11.8 Å². The standard InChI is InChI=1S/C24H45NO2.C18H39N.C6H9NO3/c1-2-3-4-5-6-7-8-9-10-11-12-13-14-15-16-17-18-19-23(26)22-20-21-24(27)25-22;1-2-3-4-5-6-7-8-9-10-11-12-13-14-15-16-17-18-19;1-10-6(9)4-2-3-5(8)7-4/h22H,2-21H2,1H3,(H,25,27);2-19H2,1H3;4H,2-3H2,1H3,(H,7,8). The van der Waals surface area contributed by atoms with E-state index in [0.717, 1.165) is 19.4 Å². The van der Waals surface area contributed by atoms with Crippen LogP contribution < -0.4 is 16.4 Å². The molecule has 0 radical (unpaired) electrons. The summed E-state index contributed by atoms with van der Waals surface area (Å²) in [6, 6.07) is -0.587. The molecule has 2 atom stereocenters. The summed E-state index contributed by atoms with van der Waals surface area (Å²) in [4.78, 5) is 44.3. The van der Waals surface area contributed by atoms with Gasteiger partial charge in [-0.3, -0.25) is 14.4 Å². The first-order valence-corrected chi connectivity index (χ1v) is 24.3. The highest BCUT2D eigenvalue weighted by molar-refractivity contribution is 5.92. The number of unbranched alkanes of at least 4 members (excludes halogenated alkanes) is 31. The average molecular weight is 792 g/mol. The average Bonchev–Trinajstić information content (AvgIpc) is 3.85. The number of Topliss-reactive ketones (excluding diaryl/α,β-unsaturated/α-hetero) is 1. The molecule has 2 amide bonds. The number of hydrogen-bond acceptors (Lipinski definition) is 6. The predicted molar refractivity (Wildman–Crippen MR) is 237 cm³/mol. The highest BCUT2D eigenvalue weighted by Gasteiger charge is 2.27. The minimum atomic E-state index is -0.405. The molecule has 0 bridgehead atoms. The van der Waals surface area contributed by atoms with E-state index in [2.05, 4.69) is 29.2 Å². The topological polar surface area (TPSA) is 128 Å². The Morgan fingerprint density at radius 2 is 0.768 bits per heavy atom. The zero-order chi connectivity index (χ0) is 41.2. The van der Waals surface area contributed by atoms with E-state index in [0.29, 0.717) is 32.1 Å². The molecule has 0 aromatic carbocycles. The Balaban J connectivity index is 0.000000899. The molecule has 0 aliphatic carbocycles. The van der Waals surface area contributed by atoms with Gasteiger partial charge < -0.3 is 21.1 Å². The summed E-state index contributed by atoms with van der Waals surface area (Å²) >= 11 is 0. The largest absolute Gasteiger partial charge is 0.467 e. The third kappa shape index (κ3) is 36.4. The number of nitrogens with one attached hydrogen (secondary N) is 2. The summed E-state index contributed by atoms with van der Waals surface area (Å²) in [5.41, 5.74) is 5.48. The van der Waals surface area contributed by atoms with E-state index in [4.69, 9.17) is 5.73 Å². The van der Waals surface area contributed by atoms with Crippen LogP contribution in [0.15, 0.2) is 0 Å². The fourth-order valence-electron chi connectivity index (χ4n) is 7.68. The van der Waals surface area contributed by atoms with Crippen LogP contribution in [0.3, 0.4) is 0 Å². The van der Waals surface area contributed by atoms with Crippen molar-refractivity contribution >= 4 is 23.6 Å². The van der Waals surface area contributed by atoms with Gasteiger partial charge in [-0.2, -0.15) is 0 Å². The first kappa shape index (κ1) is 54.0. The highest BCUT2D eigenvalue weighted by Crippen LogP contribution is 2.17. The van der Waals surface area contributed by atoms with Crippen LogP contribution in [0.1, 0.15) is 258 Å². The van der Waals surface area contributed by atoms with Gasteiger partial charge in [0.05, 0.1) is 13.2 Å². The van der Waals surface area contributed by atoms with Crippen LogP contribution in [-0.4, -0.2) is 49.3 Å². The number of amides is 2. The minimum Gasteiger partial charge on any atom is -0.467 e. The molecule has 0 saturated carbocycles. The van der Waals surface area contributed by atoms with E-state index in [-0.39, 0.29) is 29.6 Å². The Bertz CT molecular complexity index is 897. The number of ether oxygens (including phenoxy) is 1. The number of carbonyl (C=O) groups is 4. The Hall–Kier alpha value is -1.96. The van der Waals surface area contributed by atoms with Crippen molar-refractivity contribution in [3.63, 3.8) is 0 Å². The van der Waals surface area contributed by atoms with Gasteiger partial charge in [0.15, 0.2) is 5.78 Å². The molecule has 2 fully saturated rings. The molecule has 0 spiro atoms. The number of carbonyl (C=O) groups excluding carboxylic acids is 4. The van der Waals surface area contributed by atoms with Crippen LogP contribution in [0, 0.1) is 0 Å². The van der Waals surface area contributed by atoms with Crippen molar-refractivity contribution in [2.75, 3.05) is 13.7 Å². The van der Waals surface area contributed by atoms with Crippen LogP contribution in [-0.2, 0) is 23.9 Å². The maximum Gasteiger partial charge on any atom is 0.328 e. The van der Waals surface area contributed by atoms with Gasteiger partial charge in [0.25, 0.3) is 0 Å². The second kappa shape index (κ2) is 42.6. The van der Waals surface area contributed by atoms with E-state index in [1.54, 1.807) is 0 Å². The maximum absolute atomic E-state index is 11.9. The Morgan fingerprint density at radius 3 is 1.04 bits per heavy atom. The van der Waals surface area contributed by atoms with Gasteiger partial charge in [0, 0.05) is 19.3 Å². The molecule has 4 N–H and O–H groups in total. The van der Waals surface area contributed by atoms with Gasteiger partial charge in [0.1, 0.15) is 6.04 Å². The Labute approximate surface area is 346 Å². The van der Waals surface area contributed by atoms with Crippen LogP contribution >= 0.6 is 0 Å². The monoisotopic (exact) mass is 792 g/mol. The molecule has 2 aliphatic heterocycles. The first-order chi connectivity index (χ1) is 27.4. The van der Waals surface area contributed by atoms with Gasteiger partial charge >= 0.3 is 5.97 Å². The summed E-state index contributed by atoms with van der Waals surface area (Å²) < 4.78 is 4.43. The number of hydrogen-bond donors (Lipinski definition) is 3. The molecule has 0 aromatic rings. The lowest BCUT2D eigenvalue weighted by Crippen LogP contribution is -2.33.